The first-order valence-corrected chi connectivity index (χ1v) is 6.43. The van der Waals surface area contributed by atoms with Crippen molar-refractivity contribution in [2.75, 3.05) is 0 Å². The minimum absolute atomic E-state index is 0. The molecule has 22 heavy (non-hydrogen) atoms. The summed E-state index contributed by atoms with van der Waals surface area (Å²) < 4.78 is 0. The molecule has 0 bridgehead atoms. The zero-order valence-corrected chi connectivity index (χ0v) is 15.1. The van der Waals surface area contributed by atoms with Crippen LogP contribution >= 0.6 is 0 Å². The van der Waals surface area contributed by atoms with E-state index in [0.717, 1.165) is 0 Å². The second kappa shape index (κ2) is 6.85. The van der Waals surface area contributed by atoms with Gasteiger partial charge in [-0.1, -0.05) is 60.7 Å². The molecule has 1 fully saturated rings. The topological polar surface area (TPSA) is 75.3 Å². The molecule has 2 aromatic carbocycles. The Kier molecular flexibility index (Phi) is 5.31. The maximum absolute atomic E-state index is 12.5. The number of hydrogen-bond acceptors (Lipinski definition) is 3. The van der Waals surface area contributed by atoms with Crippen molar-refractivity contribution < 1.29 is 67.2 Å². The zero-order valence-electron chi connectivity index (χ0n) is 13.0. The van der Waals surface area contributed by atoms with E-state index in [4.69, 9.17) is 0 Å². The van der Waals surface area contributed by atoms with Crippen molar-refractivity contribution in [1.82, 2.24) is 10.6 Å². The quantitative estimate of drug-likeness (QED) is 0.520. The number of hydrogen-bond donors (Lipinski definition) is 2. The minimum atomic E-state index is -1.56. The molecule has 0 unspecified atom stereocenters. The summed E-state index contributed by atoms with van der Waals surface area (Å²) in [5.41, 5.74) is -0.534. The Labute approximate surface area is 171 Å². The van der Waals surface area contributed by atoms with Gasteiger partial charge in [0, 0.05) is 0 Å². The molecular formula is C16H13KN2O3. The molecule has 1 aliphatic rings. The van der Waals surface area contributed by atoms with Crippen molar-refractivity contribution in [2.45, 2.75) is 5.41 Å². The van der Waals surface area contributed by atoms with Crippen LogP contribution in [0.3, 0.4) is 0 Å². The normalized spacial score (nSPS) is 16.3. The van der Waals surface area contributed by atoms with Crippen molar-refractivity contribution in [3.63, 3.8) is 0 Å². The molecule has 0 aliphatic carbocycles. The van der Waals surface area contributed by atoms with Crippen molar-refractivity contribution in [1.29, 1.82) is 0 Å². The molecule has 0 saturated carbocycles. The summed E-state index contributed by atoms with van der Waals surface area (Å²) in [4.78, 5) is 36.5. The molecule has 106 valence electrons. The van der Waals surface area contributed by atoms with Crippen molar-refractivity contribution >= 4 is 17.8 Å². The summed E-state index contributed by atoms with van der Waals surface area (Å²) >= 11 is 0. The molecule has 1 saturated heterocycles. The number of carbonyl (C=O) groups excluding carboxylic acids is 3. The molecule has 4 amide bonds. The van der Waals surface area contributed by atoms with Crippen LogP contribution in [0.25, 0.3) is 0 Å². The number of nitrogens with one attached hydrogen (secondary N) is 2. The third-order valence-electron chi connectivity index (χ3n) is 3.55. The van der Waals surface area contributed by atoms with Gasteiger partial charge >= 0.3 is 57.4 Å². The van der Waals surface area contributed by atoms with E-state index < -0.39 is 23.3 Å². The van der Waals surface area contributed by atoms with Crippen LogP contribution in [0.2, 0.25) is 0 Å². The third kappa shape index (κ3) is 2.68. The second-order valence-corrected chi connectivity index (χ2v) is 4.72. The summed E-state index contributed by atoms with van der Waals surface area (Å²) in [6, 6.07) is 16.6. The number of imide groups is 2. The fourth-order valence-corrected chi connectivity index (χ4v) is 2.60. The number of amides is 4. The third-order valence-corrected chi connectivity index (χ3v) is 3.55. The monoisotopic (exact) mass is 320 g/mol. The van der Waals surface area contributed by atoms with Gasteiger partial charge in [-0.2, -0.15) is 0 Å². The SMILES string of the molecule is O=C1NC(=O)C(c2ccccc2)(c2ccccc2)C(=O)N1.[H-].[K+]. The number of urea groups is 1. The van der Waals surface area contributed by atoms with Gasteiger partial charge in [0.1, 0.15) is 0 Å². The Hall–Kier alpha value is -1.31. The van der Waals surface area contributed by atoms with E-state index in [9.17, 15) is 14.4 Å². The second-order valence-electron chi connectivity index (χ2n) is 4.72. The molecule has 1 aliphatic heterocycles. The molecule has 6 heteroatoms. The van der Waals surface area contributed by atoms with E-state index in [1.165, 1.54) is 0 Å². The summed E-state index contributed by atoms with van der Waals surface area (Å²) in [5.74, 6) is -1.29. The Morgan fingerprint density at radius 1 is 0.682 bits per heavy atom. The molecule has 5 nitrogen and oxygen atoms in total. The molecule has 2 N–H and O–H groups in total. The number of rotatable bonds is 2. The van der Waals surface area contributed by atoms with Crippen LogP contribution in [-0.2, 0) is 15.0 Å². The van der Waals surface area contributed by atoms with Gasteiger partial charge in [0.05, 0.1) is 0 Å². The molecule has 0 radical (unpaired) electrons. The summed E-state index contributed by atoms with van der Waals surface area (Å²) in [6.45, 7) is 0. The van der Waals surface area contributed by atoms with E-state index in [1.807, 2.05) is 0 Å². The largest absolute Gasteiger partial charge is 1.00 e. The van der Waals surface area contributed by atoms with Gasteiger partial charge in [0.25, 0.3) is 11.8 Å². The van der Waals surface area contributed by atoms with Gasteiger partial charge in [-0.15, -0.1) is 0 Å². The van der Waals surface area contributed by atoms with Gasteiger partial charge in [0.2, 0.25) is 0 Å². The molecule has 0 spiro atoms. The van der Waals surface area contributed by atoms with Gasteiger partial charge < -0.3 is 1.43 Å². The Morgan fingerprint density at radius 2 is 1.05 bits per heavy atom. The summed E-state index contributed by atoms with van der Waals surface area (Å²) in [7, 11) is 0. The van der Waals surface area contributed by atoms with Crippen LogP contribution in [0, 0.1) is 0 Å². The predicted octanol–water partition coefficient (Wildman–Crippen LogP) is -1.54. The molecule has 2 aromatic rings. The maximum atomic E-state index is 12.5. The Balaban J connectivity index is 0.00000132. The average Bonchev–Trinajstić information content (AvgIpc) is 2.49. The molecular weight excluding hydrogens is 307 g/mol. The van der Waals surface area contributed by atoms with E-state index in [0.29, 0.717) is 11.1 Å². The predicted molar refractivity (Wildman–Crippen MR) is 76.5 cm³/mol. The number of benzene rings is 2. The van der Waals surface area contributed by atoms with E-state index in [1.54, 1.807) is 60.7 Å². The molecule has 0 aromatic heterocycles. The first-order valence-electron chi connectivity index (χ1n) is 6.43. The van der Waals surface area contributed by atoms with Crippen LogP contribution in [0.15, 0.2) is 60.7 Å². The fourth-order valence-electron chi connectivity index (χ4n) is 2.60. The number of carbonyl (C=O) groups is 3. The van der Waals surface area contributed by atoms with Crippen LogP contribution in [0.1, 0.15) is 12.6 Å². The fraction of sp³-hybridized carbons (Fsp3) is 0.0625. The summed E-state index contributed by atoms with van der Waals surface area (Å²) in [6.07, 6.45) is 0. The van der Waals surface area contributed by atoms with Crippen molar-refractivity contribution in [3.05, 3.63) is 71.8 Å². The van der Waals surface area contributed by atoms with E-state index >= 15 is 0 Å². The van der Waals surface area contributed by atoms with Crippen molar-refractivity contribution in [2.24, 2.45) is 0 Å². The van der Waals surface area contributed by atoms with Crippen LogP contribution in [0.4, 0.5) is 4.79 Å². The van der Waals surface area contributed by atoms with Gasteiger partial charge in [-0.05, 0) is 11.1 Å². The average molecular weight is 320 g/mol. The van der Waals surface area contributed by atoms with Crippen LogP contribution in [0.5, 0.6) is 0 Å². The Morgan fingerprint density at radius 3 is 1.41 bits per heavy atom. The minimum Gasteiger partial charge on any atom is -1.00 e. The van der Waals surface area contributed by atoms with Gasteiger partial charge in [0.15, 0.2) is 5.41 Å². The number of barbiturate groups is 1. The maximum Gasteiger partial charge on any atom is 1.00 e. The molecule has 0 atom stereocenters. The first-order chi connectivity index (χ1) is 10.2. The van der Waals surface area contributed by atoms with Crippen LogP contribution < -0.4 is 62.0 Å². The first kappa shape index (κ1) is 17.0. The Bertz CT molecular complexity index is 661. The summed E-state index contributed by atoms with van der Waals surface area (Å²) in [5, 5.41) is 4.38. The zero-order chi connectivity index (χ0) is 14.9. The molecule has 3 rings (SSSR count). The smallest absolute Gasteiger partial charge is 1.00 e. The van der Waals surface area contributed by atoms with Crippen molar-refractivity contribution in [3.8, 4) is 0 Å². The van der Waals surface area contributed by atoms with E-state index in [2.05, 4.69) is 10.6 Å². The van der Waals surface area contributed by atoms with Gasteiger partial charge in [-0.3, -0.25) is 20.2 Å². The van der Waals surface area contributed by atoms with Gasteiger partial charge in [-0.25, -0.2) is 4.79 Å². The van der Waals surface area contributed by atoms with Crippen LogP contribution in [-0.4, -0.2) is 17.8 Å². The standard InChI is InChI=1S/C16H12N2O3.K.H/c19-13-16(11-7-3-1-4-8-11,12-9-5-2-6-10-12)14(20)18-15(21)17-13;;/h1-10H,(H2,17,18,19,20,21);;/q;+1;-1. The molecule has 1 heterocycles. The van der Waals surface area contributed by atoms with E-state index in [-0.39, 0.29) is 52.8 Å².